The van der Waals surface area contributed by atoms with Crippen molar-refractivity contribution in [3.05, 3.63) is 72.1 Å². The van der Waals surface area contributed by atoms with Crippen molar-refractivity contribution >= 4 is 11.7 Å². The van der Waals surface area contributed by atoms with Gasteiger partial charge < -0.3 is 19.2 Å². The van der Waals surface area contributed by atoms with Crippen molar-refractivity contribution in [3.63, 3.8) is 0 Å². The van der Waals surface area contributed by atoms with Gasteiger partial charge in [0.05, 0.1) is 12.8 Å². The predicted octanol–water partition coefficient (Wildman–Crippen LogP) is 3.56. The van der Waals surface area contributed by atoms with Crippen LogP contribution in [-0.2, 0) is 13.1 Å². The first-order chi connectivity index (χ1) is 13.2. The molecule has 0 radical (unpaired) electrons. The second-order valence-electron chi connectivity index (χ2n) is 7.07. The molecule has 4 rings (SSSR count). The van der Waals surface area contributed by atoms with Crippen molar-refractivity contribution in [1.82, 2.24) is 14.5 Å². The summed E-state index contributed by atoms with van der Waals surface area (Å²) in [5.74, 6) is 1.65. The Labute approximate surface area is 158 Å². The topological polar surface area (TPSA) is 63.3 Å². The SMILES string of the molecule is Cc1ccoc1C(=O)N1Cc2cccn2C[C@@H](CCNc2ccccn2)C1. The normalized spacial score (nSPS) is 16.6. The molecule has 0 unspecified atom stereocenters. The first kappa shape index (κ1) is 17.4. The third kappa shape index (κ3) is 3.89. The zero-order valence-electron chi connectivity index (χ0n) is 15.5. The van der Waals surface area contributed by atoms with Crippen LogP contribution in [0.3, 0.4) is 0 Å². The lowest BCUT2D eigenvalue weighted by molar-refractivity contribution is 0.0686. The van der Waals surface area contributed by atoms with Crippen molar-refractivity contribution in [2.75, 3.05) is 18.4 Å². The van der Waals surface area contributed by atoms with Crippen LogP contribution >= 0.6 is 0 Å². The third-order valence-electron chi connectivity index (χ3n) is 5.08. The smallest absolute Gasteiger partial charge is 0.290 e. The van der Waals surface area contributed by atoms with Crippen LogP contribution in [0.25, 0.3) is 0 Å². The maximum absolute atomic E-state index is 13.0. The monoisotopic (exact) mass is 364 g/mol. The van der Waals surface area contributed by atoms with E-state index in [1.54, 1.807) is 12.5 Å². The summed E-state index contributed by atoms with van der Waals surface area (Å²) < 4.78 is 7.70. The van der Waals surface area contributed by atoms with E-state index < -0.39 is 0 Å². The van der Waals surface area contributed by atoms with E-state index in [0.717, 1.165) is 36.6 Å². The fourth-order valence-corrected chi connectivity index (χ4v) is 3.62. The molecule has 0 aromatic carbocycles. The van der Waals surface area contributed by atoms with E-state index >= 15 is 0 Å². The fraction of sp³-hybridized carbons (Fsp3) is 0.333. The summed E-state index contributed by atoms with van der Waals surface area (Å²) in [6, 6.07) is 11.8. The minimum atomic E-state index is -0.0326. The summed E-state index contributed by atoms with van der Waals surface area (Å²) in [4.78, 5) is 19.2. The van der Waals surface area contributed by atoms with Crippen LogP contribution in [0.15, 0.2) is 59.5 Å². The molecule has 0 saturated heterocycles. The number of amides is 1. The van der Waals surface area contributed by atoms with Gasteiger partial charge >= 0.3 is 0 Å². The van der Waals surface area contributed by atoms with Crippen LogP contribution in [0, 0.1) is 12.8 Å². The van der Waals surface area contributed by atoms with Gasteiger partial charge in [0.25, 0.3) is 5.91 Å². The average molecular weight is 364 g/mol. The molecule has 0 fully saturated rings. The number of carbonyl (C=O) groups excluding carboxylic acids is 1. The Balaban J connectivity index is 1.47. The zero-order valence-corrected chi connectivity index (χ0v) is 15.5. The van der Waals surface area contributed by atoms with E-state index in [1.165, 1.54) is 0 Å². The van der Waals surface area contributed by atoms with Crippen LogP contribution in [0.1, 0.15) is 28.2 Å². The van der Waals surface area contributed by atoms with Gasteiger partial charge in [0.2, 0.25) is 0 Å². The minimum absolute atomic E-state index is 0.0326. The van der Waals surface area contributed by atoms with Gasteiger partial charge in [-0.3, -0.25) is 4.79 Å². The molecular weight excluding hydrogens is 340 g/mol. The number of anilines is 1. The van der Waals surface area contributed by atoms with Crippen LogP contribution < -0.4 is 5.32 Å². The Bertz CT molecular complexity index is 900. The van der Waals surface area contributed by atoms with E-state index in [0.29, 0.717) is 24.8 Å². The quantitative estimate of drug-likeness (QED) is 0.752. The molecule has 4 heterocycles. The first-order valence-corrected chi connectivity index (χ1v) is 9.33. The summed E-state index contributed by atoms with van der Waals surface area (Å²) in [5.41, 5.74) is 2.04. The van der Waals surface area contributed by atoms with Gasteiger partial charge in [0.15, 0.2) is 5.76 Å². The van der Waals surface area contributed by atoms with Crippen molar-refractivity contribution in [3.8, 4) is 0 Å². The number of hydrogen-bond acceptors (Lipinski definition) is 4. The van der Waals surface area contributed by atoms with Crippen LogP contribution in [0.2, 0.25) is 0 Å². The summed E-state index contributed by atoms with van der Waals surface area (Å²) in [7, 11) is 0. The molecule has 0 bridgehead atoms. The molecule has 1 atom stereocenters. The first-order valence-electron chi connectivity index (χ1n) is 9.33. The molecule has 6 heteroatoms. The maximum atomic E-state index is 13.0. The lowest BCUT2D eigenvalue weighted by Crippen LogP contribution is -2.34. The maximum Gasteiger partial charge on any atom is 0.290 e. The molecule has 6 nitrogen and oxygen atoms in total. The summed E-state index contributed by atoms with van der Waals surface area (Å²) >= 11 is 0. The van der Waals surface area contributed by atoms with Crippen molar-refractivity contribution < 1.29 is 9.21 Å². The number of rotatable bonds is 5. The van der Waals surface area contributed by atoms with E-state index in [1.807, 2.05) is 42.2 Å². The molecule has 3 aromatic rings. The number of furan rings is 1. The van der Waals surface area contributed by atoms with E-state index in [9.17, 15) is 4.79 Å². The summed E-state index contributed by atoms with van der Waals surface area (Å²) in [5, 5.41) is 3.37. The largest absolute Gasteiger partial charge is 0.459 e. The van der Waals surface area contributed by atoms with E-state index in [2.05, 4.69) is 27.1 Å². The third-order valence-corrected chi connectivity index (χ3v) is 5.08. The Morgan fingerprint density at radius 3 is 2.96 bits per heavy atom. The number of carbonyl (C=O) groups is 1. The highest BCUT2D eigenvalue weighted by Crippen LogP contribution is 2.22. The number of nitrogens with zero attached hydrogens (tertiary/aromatic N) is 3. The van der Waals surface area contributed by atoms with Gasteiger partial charge in [-0.05, 0) is 49.6 Å². The molecule has 1 aliphatic heterocycles. The van der Waals surface area contributed by atoms with Crippen molar-refractivity contribution in [2.45, 2.75) is 26.4 Å². The fourth-order valence-electron chi connectivity index (χ4n) is 3.62. The summed E-state index contributed by atoms with van der Waals surface area (Å²) in [6.07, 6.45) is 6.42. The molecule has 0 aliphatic carbocycles. The van der Waals surface area contributed by atoms with E-state index in [-0.39, 0.29) is 5.91 Å². The predicted molar refractivity (Wildman–Crippen MR) is 103 cm³/mol. The van der Waals surface area contributed by atoms with Gasteiger partial charge in [-0.15, -0.1) is 0 Å². The lowest BCUT2D eigenvalue weighted by Gasteiger charge is -2.24. The van der Waals surface area contributed by atoms with Crippen molar-refractivity contribution in [2.24, 2.45) is 5.92 Å². The average Bonchev–Trinajstić information content (AvgIpc) is 3.26. The molecule has 27 heavy (non-hydrogen) atoms. The highest BCUT2D eigenvalue weighted by Gasteiger charge is 2.27. The number of aryl methyl sites for hydroxylation is 1. The molecule has 1 N–H and O–H groups in total. The molecule has 1 aliphatic rings. The Morgan fingerprint density at radius 1 is 1.26 bits per heavy atom. The van der Waals surface area contributed by atoms with Crippen LogP contribution in [0.4, 0.5) is 5.82 Å². The zero-order chi connectivity index (χ0) is 18.6. The highest BCUT2D eigenvalue weighted by atomic mass is 16.3. The molecule has 0 spiro atoms. The molecular formula is C21H24N4O2. The number of nitrogens with one attached hydrogen (secondary N) is 1. The minimum Gasteiger partial charge on any atom is -0.459 e. The van der Waals surface area contributed by atoms with Crippen LogP contribution in [0.5, 0.6) is 0 Å². The van der Waals surface area contributed by atoms with Gasteiger partial charge in [0, 0.05) is 43.3 Å². The van der Waals surface area contributed by atoms with Gasteiger partial charge in [0.1, 0.15) is 5.82 Å². The number of pyridine rings is 1. The molecule has 140 valence electrons. The Hall–Kier alpha value is -3.02. The van der Waals surface area contributed by atoms with Crippen LogP contribution in [-0.4, -0.2) is 33.4 Å². The van der Waals surface area contributed by atoms with Gasteiger partial charge in [-0.25, -0.2) is 4.98 Å². The number of aromatic nitrogens is 2. The summed E-state index contributed by atoms with van der Waals surface area (Å²) in [6.45, 7) is 4.96. The molecule has 0 saturated carbocycles. The number of fused-ring (bicyclic) bond motifs is 1. The van der Waals surface area contributed by atoms with Crippen molar-refractivity contribution in [1.29, 1.82) is 0 Å². The Kier molecular flexibility index (Phi) is 4.96. The second-order valence-corrected chi connectivity index (χ2v) is 7.07. The standard InChI is InChI=1S/C21H24N4O2/c1-16-8-12-27-20(16)21(26)25-14-17(13-24-11-4-5-18(24)15-25)7-10-23-19-6-2-3-9-22-19/h2-6,8-9,11-12,17H,7,10,13-15H2,1H3,(H,22,23)/t17-/m1/s1. The Morgan fingerprint density at radius 2 is 2.19 bits per heavy atom. The highest BCUT2D eigenvalue weighted by molar-refractivity contribution is 5.92. The molecule has 1 amide bonds. The molecule has 3 aromatic heterocycles. The van der Waals surface area contributed by atoms with E-state index in [4.69, 9.17) is 4.42 Å². The number of hydrogen-bond donors (Lipinski definition) is 1. The van der Waals surface area contributed by atoms with Gasteiger partial charge in [-0.1, -0.05) is 6.07 Å². The van der Waals surface area contributed by atoms with Gasteiger partial charge in [-0.2, -0.15) is 0 Å². The lowest BCUT2D eigenvalue weighted by atomic mass is 10.0. The second kappa shape index (κ2) is 7.70.